The Hall–Kier alpha value is -2.04. The zero-order valence-corrected chi connectivity index (χ0v) is 13.0. The van der Waals surface area contributed by atoms with Crippen molar-refractivity contribution in [2.75, 3.05) is 7.11 Å². The number of para-hydroxylation sites is 1. The van der Waals surface area contributed by atoms with Gasteiger partial charge in [0.25, 0.3) is 0 Å². The molecule has 0 bridgehead atoms. The summed E-state index contributed by atoms with van der Waals surface area (Å²) in [6.45, 7) is 2.03. The quantitative estimate of drug-likeness (QED) is 0.810. The molecule has 22 heavy (non-hydrogen) atoms. The predicted molar refractivity (Wildman–Crippen MR) is 82.8 cm³/mol. The number of carboxylic acids is 1. The molecule has 5 nitrogen and oxygen atoms in total. The highest BCUT2D eigenvalue weighted by Gasteiger charge is 2.35. The molecule has 1 fully saturated rings. The van der Waals surface area contributed by atoms with Crippen molar-refractivity contribution in [1.29, 1.82) is 0 Å². The van der Waals surface area contributed by atoms with Gasteiger partial charge in [0.15, 0.2) is 0 Å². The number of methoxy groups -OCH3 is 1. The summed E-state index contributed by atoms with van der Waals surface area (Å²) in [5, 5.41) is 11.7. The minimum Gasteiger partial charge on any atom is -0.496 e. The van der Waals surface area contributed by atoms with Gasteiger partial charge >= 0.3 is 5.97 Å². The van der Waals surface area contributed by atoms with Crippen LogP contribution in [0.1, 0.15) is 31.7 Å². The molecule has 5 heteroatoms. The highest BCUT2D eigenvalue weighted by atomic mass is 16.5. The van der Waals surface area contributed by atoms with Crippen LogP contribution >= 0.6 is 0 Å². The molecule has 2 N–H and O–H groups in total. The number of carbonyl (C=O) groups is 2. The Bertz CT molecular complexity index is 537. The topological polar surface area (TPSA) is 75.6 Å². The lowest BCUT2D eigenvalue weighted by atomic mass is 9.80. The van der Waals surface area contributed by atoms with Crippen molar-refractivity contribution < 1.29 is 19.4 Å². The van der Waals surface area contributed by atoms with Crippen LogP contribution in [-0.2, 0) is 16.0 Å². The van der Waals surface area contributed by atoms with Crippen LogP contribution < -0.4 is 10.1 Å². The highest BCUT2D eigenvalue weighted by molar-refractivity contribution is 5.77. The molecule has 120 valence electrons. The molecule has 1 amide bonds. The smallest absolute Gasteiger partial charge is 0.306 e. The van der Waals surface area contributed by atoms with Crippen LogP contribution in [0.15, 0.2) is 24.3 Å². The van der Waals surface area contributed by atoms with E-state index in [1.54, 1.807) is 7.11 Å². The molecule has 0 radical (unpaired) electrons. The second kappa shape index (κ2) is 7.29. The first-order valence-corrected chi connectivity index (χ1v) is 7.63. The minimum atomic E-state index is -0.768. The Morgan fingerprint density at radius 2 is 2.05 bits per heavy atom. The Kier molecular flexibility index (Phi) is 5.41. The Labute approximate surface area is 130 Å². The largest absolute Gasteiger partial charge is 0.496 e. The first-order valence-electron chi connectivity index (χ1n) is 7.63. The number of carboxylic acid groups (broad SMARTS) is 1. The maximum atomic E-state index is 12.0. The van der Waals surface area contributed by atoms with E-state index in [9.17, 15) is 9.59 Å². The third kappa shape index (κ3) is 4.23. The molecule has 0 saturated heterocycles. The van der Waals surface area contributed by atoms with Crippen LogP contribution in [0.4, 0.5) is 0 Å². The third-order valence-corrected chi connectivity index (χ3v) is 4.15. The van der Waals surface area contributed by atoms with Crippen LogP contribution in [-0.4, -0.2) is 30.1 Å². The zero-order valence-electron chi connectivity index (χ0n) is 13.0. The van der Waals surface area contributed by atoms with Gasteiger partial charge in [-0.05, 0) is 36.8 Å². The number of nitrogens with one attached hydrogen (secondary N) is 1. The molecule has 0 heterocycles. The third-order valence-electron chi connectivity index (χ3n) is 4.15. The van der Waals surface area contributed by atoms with E-state index in [-0.39, 0.29) is 23.8 Å². The van der Waals surface area contributed by atoms with Crippen LogP contribution in [0, 0.1) is 11.8 Å². The highest BCUT2D eigenvalue weighted by Crippen LogP contribution is 2.28. The summed E-state index contributed by atoms with van der Waals surface area (Å²) < 4.78 is 5.32. The fourth-order valence-corrected chi connectivity index (χ4v) is 2.86. The Morgan fingerprint density at radius 1 is 1.36 bits per heavy atom. The molecule has 0 aliphatic heterocycles. The van der Waals surface area contributed by atoms with E-state index < -0.39 is 5.97 Å². The van der Waals surface area contributed by atoms with Gasteiger partial charge in [-0.25, -0.2) is 0 Å². The van der Waals surface area contributed by atoms with Gasteiger partial charge < -0.3 is 15.2 Å². The summed E-state index contributed by atoms with van der Waals surface area (Å²) in [6, 6.07) is 7.84. The molecular formula is C17H23NO4. The second-order valence-electron chi connectivity index (χ2n) is 6.10. The predicted octanol–water partition coefficient (Wildman–Crippen LogP) is 2.24. The van der Waals surface area contributed by atoms with Gasteiger partial charge in [0.05, 0.1) is 13.0 Å². The SMILES string of the molecule is COc1ccccc1CC(C)CC(=O)NC1CC(C(=O)O)C1. The number of carbonyl (C=O) groups excluding carboxylic acids is 1. The van der Waals surface area contributed by atoms with E-state index in [2.05, 4.69) is 5.32 Å². The Morgan fingerprint density at radius 3 is 2.68 bits per heavy atom. The second-order valence-corrected chi connectivity index (χ2v) is 6.10. The molecule has 1 atom stereocenters. The minimum absolute atomic E-state index is 0.00348. The molecule has 1 aromatic rings. The molecule has 1 aliphatic rings. The molecule has 1 unspecified atom stereocenters. The van der Waals surface area contributed by atoms with Crippen molar-refractivity contribution in [1.82, 2.24) is 5.32 Å². The molecule has 1 aromatic carbocycles. The van der Waals surface area contributed by atoms with Crippen LogP contribution in [0.2, 0.25) is 0 Å². The zero-order chi connectivity index (χ0) is 16.1. The number of ether oxygens (including phenoxy) is 1. The molecule has 2 rings (SSSR count). The van der Waals surface area contributed by atoms with Crippen molar-refractivity contribution in [3.8, 4) is 5.75 Å². The number of hydrogen-bond acceptors (Lipinski definition) is 3. The van der Waals surface area contributed by atoms with Crippen molar-refractivity contribution in [3.05, 3.63) is 29.8 Å². The average Bonchev–Trinajstić information content (AvgIpc) is 2.42. The number of aliphatic carboxylic acids is 1. The first-order chi connectivity index (χ1) is 10.5. The average molecular weight is 305 g/mol. The van der Waals surface area contributed by atoms with Gasteiger partial charge in [0.2, 0.25) is 5.91 Å². The molecule has 0 aromatic heterocycles. The summed E-state index contributed by atoms with van der Waals surface area (Å²) in [6.07, 6.45) is 2.30. The van der Waals surface area contributed by atoms with Gasteiger partial charge in [0, 0.05) is 12.5 Å². The van der Waals surface area contributed by atoms with Crippen LogP contribution in [0.3, 0.4) is 0 Å². The number of rotatable bonds is 7. The summed E-state index contributed by atoms with van der Waals surface area (Å²) >= 11 is 0. The van der Waals surface area contributed by atoms with Gasteiger partial charge in [-0.2, -0.15) is 0 Å². The lowest BCUT2D eigenvalue weighted by Crippen LogP contribution is -2.47. The van der Waals surface area contributed by atoms with E-state index in [1.165, 1.54) is 0 Å². The number of amides is 1. The van der Waals surface area contributed by atoms with E-state index in [0.717, 1.165) is 17.7 Å². The maximum absolute atomic E-state index is 12.0. The molecule has 1 aliphatic carbocycles. The van der Waals surface area contributed by atoms with Crippen LogP contribution in [0.5, 0.6) is 5.75 Å². The van der Waals surface area contributed by atoms with Gasteiger partial charge in [-0.15, -0.1) is 0 Å². The van der Waals surface area contributed by atoms with Gasteiger partial charge in [0.1, 0.15) is 5.75 Å². The summed E-state index contributed by atoms with van der Waals surface area (Å²) in [7, 11) is 1.64. The van der Waals surface area contributed by atoms with Gasteiger partial charge in [-0.1, -0.05) is 25.1 Å². The van der Waals surface area contributed by atoms with Crippen molar-refractivity contribution >= 4 is 11.9 Å². The van der Waals surface area contributed by atoms with E-state index in [1.807, 2.05) is 31.2 Å². The van der Waals surface area contributed by atoms with Crippen molar-refractivity contribution in [2.24, 2.45) is 11.8 Å². The van der Waals surface area contributed by atoms with Gasteiger partial charge in [-0.3, -0.25) is 9.59 Å². The molecular weight excluding hydrogens is 282 g/mol. The van der Waals surface area contributed by atoms with Crippen molar-refractivity contribution in [2.45, 2.75) is 38.6 Å². The number of benzene rings is 1. The fourth-order valence-electron chi connectivity index (χ4n) is 2.86. The molecule has 1 saturated carbocycles. The maximum Gasteiger partial charge on any atom is 0.306 e. The van der Waals surface area contributed by atoms with E-state index >= 15 is 0 Å². The van der Waals surface area contributed by atoms with E-state index in [4.69, 9.17) is 9.84 Å². The summed E-state index contributed by atoms with van der Waals surface area (Å²) in [5.41, 5.74) is 1.10. The first kappa shape index (κ1) is 16.3. The van der Waals surface area contributed by atoms with Crippen LogP contribution in [0.25, 0.3) is 0 Å². The summed E-state index contributed by atoms with van der Waals surface area (Å²) in [4.78, 5) is 22.7. The Balaban J connectivity index is 1.76. The lowest BCUT2D eigenvalue weighted by Gasteiger charge is -2.33. The lowest BCUT2D eigenvalue weighted by molar-refractivity contribution is -0.146. The van der Waals surface area contributed by atoms with Crippen molar-refractivity contribution in [3.63, 3.8) is 0 Å². The monoisotopic (exact) mass is 305 g/mol. The summed E-state index contributed by atoms with van der Waals surface area (Å²) in [5.74, 6) is -0.0210. The fraction of sp³-hybridized carbons (Fsp3) is 0.529. The molecule has 0 spiro atoms. The normalized spacial score (nSPS) is 21.5. The van der Waals surface area contributed by atoms with E-state index in [0.29, 0.717) is 19.3 Å². The number of hydrogen-bond donors (Lipinski definition) is 2. The standard InChI is InChI=1S/C17H23NO4/c1-11(7-12-5-3-4-6-15(12)22-2)8-16(19)18-14-9-13(10-14)17(20)21/h3-6,11,13-14H,7-10H2,1-2H3,(H,18,19)(H,20,21).